The van der Waals surface area contributed by atoms with Crippen LogP contribution in [0.1, 0.15) is 26.2 Å². The summed E-state index contributed by atoms with van der Waals surface area (Å²) < 4.78 is 0. The average Bonchev–Trinajstić information content (AvgIpc) is 1.87. The van der Waals surface area contributed by atoms with Gasteiger partial charge in [-0.15, -0.1) is 0 Å². The lowest BCUT2D eigenvalue weighted by molar-refractivity contribution is -0.111. The number of hydrogen-bond acceptors (Lipinski definition) is 2. The van der Waals surface area contributed by atoms with Crippen LogP contribution in [-0.4, -0.2) is 18.3 Å². The Morgan fingerprint density at radius 2 is 2.20 bits per heavy atom. The first-order valence-corrected chi connectivity index (χ1v) is 4.04. The van der Waals surface area contributed by atoms with Gasteiger partial charge in [0.25, 0.3) is 0 Å². The van der Waals surface area contributed by atoms with Crippen LogP contribution in [0, 0.1) is 0 Å². The van der Waals surface area contributed by atoms with Crippen LogP contribution in [0.2, 0.25) is 0 Å². The highest BCUT2D eigenvalue weighted by Crippen LogP contribution is 1.97. The van der Waals surface area contributed by atoms with Crippen LogP contribution in [0.3, 0.4) is 0 Å². The molecule has 0 fully saturated rings. The summed E-state index contributed by atoms with van der Waals surface area (Å²) >= 11 is 5.13. The summed E-state index contributed by atoms with van der Waals surface area (Å²) in [5, 5.41) is 2.94. The third-order valence-corrected chi connectivity index (χ3v) is 1.42. The Labute approximate surface area is 66.9 Å². The molecule has 3 heteroatoms. The lowest BCUT2D eigenvalue weighted by atomic mass is 10.2. The Bertz CT molecular complexity index is 95.6. The van der Waals surface area contributed by atoms with E-state index in [1.54, 1.807) is 0 Å². The summed E-state index contributed by atoms with van der Waals surface area (Å²) in [6.45, 7) is 4.04. The maximum Gasteiger partial charge on any atom is 0.221 e. The zero-order valence-corrected chi connectivity index (χ0v) is 7.08. The quantitative estimate of drug-likeness (QED) is 0.476. The second-order valence-corrected chi connectivity index (χ2v) is 2.59. The smallest absolute Gasteiger partial charge is 0.221 e. The molecule has 0 rings (SSSR count). The number of hydrogen-bond donors (Lipinski definition) is 1. The highest BCUT2D eigenvalue weighted by Gasteiger charge is 1.93. The highest BCUT2D eigenvalue weighted by atomic mass is 35.5. The first kappa shape index (κ1) is 9.92. The molecule has 0 radical (unpaired) electrons. The van der Waals surface area contributed by atoms with E-state index in [4.69, 9.17) is 11.6 Å². The largest absolute Gasteiger partial charge is 0.317 e. The molecule has 0 saturated carbocycles. The summed E-state index contributed by atoms with van der Waals surface area (Å²) in [7, 11) is 0. The minimum absolute atomic E-state index is 0.225. The van der Waals surface area contributed by atoms with Gasteiger partial charge in [-0.05, 0) is 37.5 Å². The van der Waals surface area contributed by atoms with E-state index in [1.807, 2.05) is 0 Å². The Balaban J connectivity index is 2.84. The van der Waals surface area contributed by atoms with Crippen molar-refractivity contribution in [1.82, 2.24) is 5.32 Å². The number of carbonyl (C=O) groups excluding carboxylic acids is 1. The Morgan fingerprint density at radius 1 is 1.50 bits per heavy atom. The summed E-state index contributed by atoms with van der Waals surface area (Å²) in [6, 6.07) is 0. The molecule has 2 nitrogen and oxygen atoms in total. The van der Waals surface area contributed by atoms with Gasteiger partial charge in [-0.1, -0.05) is 6.92 Å². The van der Waals surface area contributed by atoms with Crippen molar-refractivity contribution in [3.05, 3.63) is 0 Å². The van der Waals surface area contributed by atoms with Crippen LogP contribution in [-0.2, 0) is 4.79 Å². The first-order chi connectivity index (χ1) is 4.77. The maximum absolute atomic E-state index is 10.2. The van der Waals surface area contributed by atoms with E-state index in [0.717, 1.165) is 25.9 Å². The molecule has 0 bridgehead atoms. The first-order valence-electron chi connectivity index (χ1n) is 3.66. The molecule has 0 unspecified atom stereocenters. The van der Waals surface area contributed by atoms with Gasteiger partial charge in [0.15, 0.2) is 0 Å². The summed E-state index contributed by atoms with van der Waals surface area (Å²) in [4.78, 5) is 10.2. The van der Waals surface area contributed by atoms with E-state index in [2.05, 4.69) is 12.2 Å². The SMILES string of the molecule is CCNCCCCC(=O)Cl. The number of rotatable bonds is 6. The van der Waals surface area contributed by atoms with Crippen molar-refractivity contribution < 1.29 is 4.79 Å². The normalized spacial score (nSPS) is 9.80. The van der Waals surface area contributed by atoms with Gasteiger partial charge in [-0.3, -0.25) is 4.79 Å². The second kappa shape index (κ2) is 7.03. The van der Waals surface area contributed by atoms with E-state index in [0.29, 0.717) is 6.42 Å². The fourth-order valence-electron chi connectivity index (χ4n) is 0.691. The Kier molecular flexibility index (Phi) is 6.98. The molecule has 1 N–H and O–H groups in total. The molecule has 10 heavy (non-hydrogen) atoms. The van der Waals surface area contributed by atoms with Crippen molar-refractivity contribution in [2.24, 2.45) is 0 Å². The molecule has 0 aromatic heterocycles. The molecule has 0 aromatic carbocycles. The van der Waals surface area contributed by atoms with Crippen molar-refractivity contribution >= 4 is 16.8 Å². The summed E-state index contributed by atoms with van der Waals surface area (Å²) in [5.74, 6) is 0. The standard InChI is InChI=1S/C7H14ClNO/c1-2-9-6-4-3-5-7(8)10/h9H,2-6H2,1H3. The topological polar surface area (TPSA) is 29.1 Å². The Hall–Kier alpha value is -0.0800. The zero-order chi connectivity index (χ0) is 7.82. The molecule has 0 aliphatic rings. The Morgan fingerprint density at radius 3 is 2.70 bits per heavy atom. The molecule has 0 aromatic rings. The average molecular weight is 164 g/mol. The van der Waals surface area contributed by atoms with Gasteiger partial charge in [0.1, 0.15) is 0 Å². The van der Waals surface area contributed by atoms with E-state index in [9.17, 15) is 4.79 Å². The molecular weight excluding hydrogens is 150 g/mol. The van der Waals surface area contributed by atoms with Crippen molar-refractivity contribution in [3.8, 4) is 0 Å². The predicted molar refractivity (Wildman–Crippen MR) is 43.3 cm³/mol. The third kappa shape index (κ3) is 7.92. The molecule has 0 spiro atoms. The fraction of sp³-hybridized carbons (Fsp3) is 0.857. The lowest BCUT2D eigenvalue weighted by Gasteiger charge is -1.98. The lowest BCUT2D eigenvalue weighted by Crippen LogP contribution is -2.13. The van der Waals surface area contributed by atoms with Gasteiger partial charge in [0.05, 0.1) is 0 Å². The molecule has 0 atom stereocenters. The van der Waals surface area contributed by atoms with Crippen LogP contribution in [0.4, 0.5) is 0 Å². The monoisotopic (exact) mass is 163 g/mol. The van der Waals surface area contributed by atoms with Crippen LogP contribution in [0.25, 0.3) is 0 Å². The van der Waals surface area contributed by atoms with Crippen LogP contribution >= 0.6 is 11.6 Å². The van der Waals surface area contributed by atoms with Crippen molar-refractivity contribution in [2.45, 2.75) is 26.2 Å². The minimum atomic E-state index is -0.225. The molecule has 0 aliphatic carbocycles. The van der Waals surface area contributed by atoms with Crippen LogP contribution in [0.15, 0.2) is 0 Å². The summed E-state index contributed by atoms with van der Waals surface area (Å²) in [6.07, 6.45) is 2.44. The number of halogens is 1. The van der Waals surface area contributed by atoms with Gasteiger partial charge in [0, 0.05) is 6.42 Å². The van der Waals surface area contributed by atoms with Crippen molar-refractivity contribution in [3.63, 3.8) is 0 Å². The molecule has 0 heterocycles. The van der Waals surface area contributed by atoms with E-state index >= 15 is 0 Å². The number of unbranched alkanes of at least 4 members (excludes halogenated alkanes) is 1. The molecule has 0 saturated heterocycles. The second-order valence-electron chi connectivity index (χ2n) is 2.17. The molecular formula is C7H14ClNO. The van der Waals surface area contributed by atoms with Crippen LogP contribution < -0.4 is 5.32 Å². The zero-order valence-electron chi connectivity index (χ0n) is 6.32. The van der Waals surface area contributed by atoms with Crippen LogP contribution in [0.5, 0.6) is 0 Å². The van der Waals surface area contributed by atoms with E-state index < -0.39 is 0 Å². The molecule has 0 aliphatic heterocycles. The van der Waals surface area contributed by atoms with Gasteiger partial charge < -0.3 is 5.32 Å². The minimum Gasteiger partial charge on any atom is -0.317 e. The van der Waals surface area contributed by atoms with Gasteiger partial charge in [-0.25, -0.2) is 0 Å². The van der Waals surface area contributed by atoms with Gasteiger partial charge >= 0.3 is 0 Å². The molecule has 0 amide bonds. The number of carbonyl (C=O) groups is 1. The highest BCUT2D eigenvalue weighted by molar-refractivity contribution is 6.63. The van der Waals surface area contributed by atoms with Gasteiger partial charge in [-0.2, -0.15) is 0 Å². The van der Waals surface area contributed by atoms with E-state index in [-0.39, 0.29) is 5.24 Å². The third-order valence-electron chi connectivity index (χ3n) is 1.23. The van der Waals surface area contributed by atoms with Crippen molar-refractivity contribution in [2.75, 3.05) is 13.1 Å². The predicted octanol–water partition coefficient (Wildman–Crippen LogP) is 1.53. The maximum atomic E-state index is 10.2. The molecule has 60 valence electrons. The fourth-order valence-corrected chi connectivity index (χ4v) is 0.824. The van der Waals surface area contributed by atoms with Crippen molar-refractivity contribution in [1.29, 1.82) is 0 Å². The number of nitrogens with one attached hydrogen (secondary N) is 1. The summed E-state index contributed by atoms with van der Waals surface area (Å²) in [5.41, 5.74) is 0. The van der Waals surface area contributed by atoms with E-state index in [1.165, 1.54) is 0 Å². The van der Waals surface area contributed by atoms with Gasteiger partial charge in [0.2, 0.25) is 5.24 Å².